The maximum absolute atomic E-state index is 13.0. The monoisotopic (exact) mass is 1510 g/mol. The van der Waals surface area contributed by atoms with Gasteiger partial charge >= 0.3 is 33.6 Å². The van der Waals surface area contributed by atoms with Crippen LogP contribution in [0.15, 0.2) is 134 Å². The highest BCUT2D eigenvalue weighted by atomic mass is 31.2. The molecule has 16 nitrogen and oxygen atoms in total. The fraction of sp³-hybridized carbons (Fsp3) is 0.713. The van der Waals surface area contributed by atoms with E-state index in [1.54, 1.807) is 0 Å². The summed E-state index contributed by atoms with van der Waals surface area (Å²) in [5.41, 5.74) is 0. The number of phosphoric acid groups is 2. The first-order valence-electron chi connectivity index (χ1n) is 41.5. The number of carbonyl (C=O) groups excluding carboxylic acids is 3. The summed E-state index contributed by atoms with van der Waals surface area (Å²) in [6, 6.07) is 0. The molecule has 105 heavy (non-hydrogen) atoms. The summed E-state index contributed by atoms with van der Waals surface area (Å²) in [6.07, 6.45) is 96.2. The van der Waals surface area contributed by atoms with Crippen molar-refractivity contribution in [1.29, 1.82) is 0 Å². The van der Waals surface area contributed by atoms with Gasteiger partial charge in [0.15, 0.2) is 6.10 Å². The van der Waals surface area contributed by atoms with Gasteiger partial charge in [-0.05, 0) is 148 Å². The zero-order valence-corrected chi connectivity index (χ0v) is 67.9. The Hall–Kier alpha value is -4.31. The van der Waals surface area contributed by atoms with Crippen molar-refractivity contribution < 1.29 is 75.8 Å². The van der Waals surface area contributed by atoms with E-state index in [0.717, 1.165) is 167 Å². The second-order valence-corrected chi connectivity index (χ2v) is 30.5. The van der Waals surface area contributed by atoms with Gasteiger partial charge in [-0.3, -0.25) is 32.5 Å². The largest absolute Gasteiger partial charge is 0.472 e. The second-order valence-electron chi connectivity index (χ2n) is 27.6. The van der Waals surface area contributed by atoms with E-state index in [4.69, 9.17) is 32.3 Å². The van der Waals surface area contributed by atoms with Crippen LogP contribution >= 0.6 is 15.6 Å². The van der Waals surface area contributed by atoms with Crippen molar-refractivity contribution in [2.75, 3.05) is 39.6 Å². The number of ether oxygens (including phenoxy) is 3. The molecular formula is C87H150O16P2. The maximum atomic E-state index is 13.0. The summed E-state index contributed by atoms with van der Waals surface area (Å²) in [5, 5.41) is 20.7. The van der Waals surface area contributed by atoms with E-state index >= 15 is 0 Å². The van der Waals surface area contributed by atoms with Gasteiger partial charge in [0.2, 0.25) is 0 Å². The molecule has 5 unspecified atom stereocenters. The molecule has 0 rings (SSSR count). The number of hydrogen-bond donors (Lipinski definition) is 4. The Labute approximate surface area is 639 Å². The molecule has 0 aromatic carbocycles. The zero-order valence-electron chi connectivity index (χ0n) is 66.1. The number of esters is 3. The Bertz CT molecular complexity index is 2440. The van der Waals surface area contributed by atoms with Crippen LogP contribution in [0.3, 0.4) is 0 Å². The van der Waals surface area contributed by atoms with Crippen molar-refractivity contribution in [2.45, 2.75) is 360 Å². The molecule has 5 atom stereocenters. The molecule has 604 valence electrons. The third kappa shape index (κ3) is 80.5. The first-order chi connectivity index (χ1) is 51.2. The van der Waals surface area contributed by atoms with Crippen molar-refractivity contribution in [2.24, 2.45) is 0 Å². The van der Waals surface area contributed by atoms with Crippen molar-refractivity contribution in [3.05, 3.63) is 134 Å². The fourth-order valence-electron chi connectivity index (χ4n) is 11.0. The molecule has 0 bridgehead atoms. The van der Waals surface area contributed by atoms with Gasteiger partial charge in [0, 0.05) is 19.3 Å². The van der Waals surface area contributed by atoms with Gasteiger partial charge in [0.25, 0.3) is 0 Å². The molecule has 0 saturated carbocycles. The lowest BCUT2D eigenvalue weighted by Crippen LogP contribution is -2.30. The van der Waals surface area contributed by atoms with E-state index < -0.39 is 91.5 Å². The minimum atomic E-state index is -4.94. The molecule has 0 spiro atoms. The highest BCUT2D eigenvalue weighted by Gasteiger charge is 2.29. The van der Waals surface area contributed by atoms with Gasteiger partial charge < -0.3 is 34.2 Å². The summed E-state index contributed by atoms with van der Waals surface area (Å²) < 4.78 is 61.3. The number of phosphoric ester groups is 2. The van der Waals surface area contributed by atoms with Crippen LogP contribution in [-0.2, 0) is 55.8 Å². The Balaban J connectivity index is 4.64. The van der Waals surface area contributed by atoms with E-state index in [-0.39, 0.29) is 19.3 Å². The quantitative estimate of drug-likeness (QED) is 0.0146. The average molecular weight is 1510 g/mol. The highest BCUT2D eigenvalue weighted by molar-refractivity contribution is 7.47. The second kappa shape index (κ2) is 79.2. The van der Waals surface area contributed by atoms with Crippen LogP contribution in [0.2, 0.25) is 0 Å². The van der Waals surface area contributed by atoms with E-state index in [0.29, 0.717) is 19.3 Å². The lowest BCUT2D eigenvalue weighted by molar-refractivity contribution is -0.161. The van der Waals surface area contributed by atoms with Crippen LogP contribution in [0.25, 0.3) is 0 Å². The smallest absolute Gasteiger partial charge is 0.463 e. The highest BCUT2D eigenvalue weighted by Crippen LogP contribution is 2.45. The Morgan fingerprint density at radius 2 is 0.476 bits per heavy atom. The van der Waals surface area contributed by atoms with Crippen LogP contribution in [0.5, 0.6) is 0 Å². The van der Waals surface area contributed by atoms with Crippen molar-refractivity contribution in [3.8, 4) is 0 Å². The lowest BCUT2D eigenvalue weighted by Gasteiger charge is -2.21. The van der Waals surface area contributed by atoms with Crippen LogP contribution in [0, 0.1) is 0 Å². The standard InChI is InChI=1S/C87H150O16P2/c1-4-7-10-13-16-19-22-25-28-31-34-36-38-39-40-41-43-45-47-49-52-55-58-61-64-67-70-73-85(90)97-76-82(88)77-99-104(93,94)100-78-83(89)79-101-105(95,96)102-81-84(103-87(92)75-72-69-66-63-60-57-54-51-46-33-30-27-24-21-18-15-12-9-6-3)80-98-86(91)74-71-68-65-62-59-56-53-50-48-44-42-37-35-32-29-26-23-20-17-14-11-8-5-2/h16-21,25-30,34-37,39-40,44,46,48,51,82-84,88-89H,4-15,22-24,31-33,38,41-43,45,47,49-50,52-81H2,1-3H3,(H,93,94)(H,95,96)/b19-16-,20-17-,21-18-,28-25-,29-26-,30-27-,36-34-,37-35-,40-39-,48-44-,51-46-. The number of allylic oxidation sites excluding steroid dienone is 22. The molecule has 0 amide bonds. The number of unbranched alkanes of at least 4 members (excludes halogenated alkanes) is 33. The van der Waals surface area contributed by atoms with E-state index in [1.165, 1.54) is 116 Å². The third-order valence-corrected chi connectivity index (χ3v) is 19.2. The minimum Gasteiger partial charge on any atom is -0.463 e. The number of aliphatic hydroxyl groups excluding tert-OH is 2. The number of rotatable bonds is 78. The predicted octanol–water partition coefficient (Wildman–Crippen LogP) is 24.7. The van der Waals surface area contributed by atoms with E-state index in [2.05, 4.69) is 154 Å². The van der Waals surface area contributed by atoms with Crippen LogP contribution < -0.4 is 0 Å². The van der Waals surface area contributed by atoms with Crippen molar-refractivity contribution in [1.82, 2.24) is 0 Å². The fourth-order valence-corrected chi connectivity index (χ4v) is 12.5. The van der Waals surface area contributed by atoms with Gasteiger partial charge in [-0.25, -0.2) is 9.13 Å². The van der Waals surface area contributed by atoms with Gasteiger partial charge in [-0.15, -0.1) is 0 Å². The number of aliphatic hydroxyl groups is 2. The molecule has 0 aliphatic heterocycles. The zero-order chi connectivity index (χ0) is 76.6. The molecule has 0 aromatic heterocycles. The number of carbonyl (C=O) groups is 3. The van der Waals surface area contributed by atoms with Gasteiger partial charge in [-0.1, -0.05) is 309 Å². The molecule has 0 aliphatic carbocycles. The van der Waals surface area contributed by atoms with Crippen LogP contribution in [-0.4, -0.2) is 95.9 Å². The molecular weight excluding hydrogens is 1360 g/mol. The summed E-state index contributed by atoms with van der Waals surface area (Å²) in [4.78, 5) is 58.8. The molecule has 4 N–H and O–H groups in total. The Morgan fingerprint density at radius 3 is 0.752 bits per heavy atom. The average Bonchev–Trinajstić information content (AvgIpc) is 0.941. The Morgan fingerprint density at radius 1 is 0.267 bits per heavy atom. The Kier molecular flexibility index (Phi) is 76.0. The van der Waals surface area contributed by atoms with Gasteiger partial charge in [0.05, 0.1) is 26.4 Å². The maximum Gasteiger partial charge on any atom is 0.472 e. The molecule has 0 aliphatic rings. The lowest BCUT2D eigenvalue weighted by atomic mass is 10.0. The SMILES string of the molecule is CCCCC/C=C\C/C=C\C/C=C\C/C=C\CCCCCCCCCCCCCC(=O)OCC(O)COP(=O)(O)OCC(O)COP(=O)(O)OCC(COC(=O)CCCCCCCCC/C=C\C/C=C\C/C=C\C/C=C\CCCCC)OC(=O)CCCCCCCC/C=C\C/C=C\C/C=C\CCCCC. The first-order valence-corrected chi connectivity index (χ1v) is 44.5. The van der Waals surface area contributed by atoms with Gasteiger partial charge in [0.1, 0.15) is 25.4 Å². The third-order valence-electron chi connectivity index (χ3n) is 17.3. The van der Waals surface area contributed by atoms with E-state index in [1.807, 2.05) is 0 Å². The number of hydrogen-bond acceptors (Lipinski definition) is 14. The summed E-state index contributed by atoms with van der Waals surface area (Å²) >= 11 is 0. The molecule has 0 saturated heterocycles. The minimum absolute atomic E-state index is 0.0845. The molecule has 0 fully saturated rings. The first kappa shape index (κ1) is 101. The normalized spacial score (nSPS) is 14.6. The summed E-state index contributed by atoms with van der Waals surface area (Å²) in [7, 11) is -9.81. The topological polar surface area (TPSA) is 231 Å². The predicted molar refractivity (Wildman–Crippen MR) is 436 cm³/mol. The molecule has 0 aromatic rings. The summed E-state index contributed by atoms with van der Waals surface area (Å²) in [6.45, 7) is 2.59. The van der Waals surface area contributed by atoms with E-state index in [9.17, 15) is 43.5 Å². The summed E-state index contributed by atoms with van der Waals surface area (Å²) in [5.74, 6) is -1.60. The molecule has 0 radical (unpaired) electrons. The molecule has 18 heteroatoms. The molecule has 0 heterocycles. The van der Waals surface area contributed by atoms with Crippen molar-refractivity contribution in [3.63, 3.8) is 0 Å². The van der Waals surface area contributed by atoms with Gasteiger partial charge in [-0.2, -0.15) is 0 Å². The van der Waals surface area contributed by atoms with Crippen LogP contribution in [0.1, 0.15) is 342 Å². The van der Waals surface area contributed by atoms with Crippen LogP contribution in [0.4, 0.5) is 0 Å². The van der Waals surface area contributed by atoms with Crippen molar-refractivity contribution >= 4 is 33.6 Å².